The highest BCUT2D eigenvalue weighted by Gasteiger charge is 2.20. The van der Waals surface area contributed by atoms with Crippen molar-refractivity contribution >= 4 is 28.9 Å². The quantitative estimate of drug-likeness (QED) is 0.934. The zero-order valence-electron chi connectivity index (χ0n) is 11.9. The normalized spacial score (nSPS) is 14.2. The van der Waals surface area contributed by atoms with E-state index in [4.69, 9.17) is 11.6 Å². The molecule has 1 aliphatic rings. The molecule has 0 unspecified atom stereocenters. The van der Waals surface area contributed by atoms with Gasteiger partial charge in [0.15, 0.2) is 0 Å². The maximum atomic E-state index is 13.1. The number of benzene rings is 1. The number of hydrogen-bond donors (Lipinski definition) is 1. The van der Waals surface area contributed by atoms with Crippen LogP contribution >= 0.6 is 11.6 Å². The Balaban J connectivity index is 1.70. The Morgan fingerprint density at radius 3 is 2.55 bits per heavy atom. The van der Waals surface area contributed by atoms with Gasteiger partial charge in [-0.25, -0.2) is 9.37 Å². The predicted octanol–water partition coefficient (Wildman–Crippen LogP) is 3.85. The number of halogens is 2. The van der Waals surface area contributed by atoms with Crippen molar-refractivity contribution in [1.29, 1.82) is 0 Å². The summed E-state index contributed by atoms with van der Waals surface area (Å²) >= 11 is 5.74. The highest BCUT2D eigenvalue weighted by Crippen LogP contribution is 2.22. The van der Waals surface area contributed by atoms with Crippen LogP contribution in [0.5, 0.6) is 0 Å². The first-order valence-electron chi connectivity index (χ1n) is 7.11. The highest BCUT2D eigenvalue weighted by molar-refractivity contribution is 6.31. The molecule has 1 N–H and O–H groups in total. The minimum atomic E-state index is -0.461. The van der Waals surface area contributed by atoms with Gasteiger partial charge in [-0.15, -0.1) is 0 Å². The van der Waals surface area contributed by atoms with E-state index in [0.29, 0.717) is 17.1 Å². The minimum Gasteiger partial charge on any atom is -0.354 e. The van der Waals surface area contributed by atoms with Crippen molar-refractivity contribution < 1.29 is 9.18 Å². The summed E-state index contributed by atoms with van der Waals surface area (Å²) in [5.41, 5.74) is 1.80. The molecule has 1 aliphatic heterocycles. The summed E-state index contributed by atoms with van der Waals surface area (Å²) in [6.07, 6.45) is 3.69. The van der Waals surface area contributed by atoms with Gasteiger partial charge in [0.05, 0.1) is 16.9 Å². The van der Waals surface area contributed by atoms with Crippen LogP contribution in [0.4, 0.5) is 15.8 Å². The molecular weight excluding hydrogens is 305 g/mol. The molecule has 0 aliphatic carbocycles. The van der Waals surface area contributed by atoms with E-state index in [-0.39, 0.29) is 10.9 Å². The molecule has 114 valence electrons. The van der Waals surface area contributed by atoms with Gasteiger partial charge < -0.3 is 10.2 Å². The minimum absolute atomic E-state index is 0.0334. The predicted molar refractivity (Wildman–Crippen MR) is 84.1 cm³/mol. The van der Waals surface area contributed by atoms with Crippen molar-refractivity contribution in [3.63, 3.8) is 0 Å². The molecule has 4 nitrogen and oxygen atoms in total. The Hall–Kier alpha value is -2.14. The molecule has 3 rings (SSSR count). The van der Waals surface area contributed by atoms with Crippen LogP contribution in [0.2, 0.25) is 5.02 Å². The number of pyridine rings is 1. The molecule has 1 saturated heterocycles. The van der Waals surface area contributed by atoms with Gasteiger partial charge in [0.1, 0.15) is 11.5 Å². The van der Waals surface area contributed by atoms with E-state index in [0.717, 1.165) is 25.9 Å². The Kier molecular flexibility index (Phi) is 4.24. The number of amides is 1. The van der Waals surface area contributed by atoms with Gasteiger partial charge in [-0.3, -0.25) is 4.79 Å². The second kappa shape index (κ2) is 6.32. The molecule has 6 heteroatoms. The lowest BCUT2D eigenvalue weighted by Crippen LogP contribution is -2.28. The SMILES string of the molecule is O=C(c1ccc(Nc2ccc(F)c(Cl)c2)cn1)N1CCCC1. The zero-order chi connectivity index (χ0) is 15.5. The first-order valence-corrected chi connectivity index (χ1v) is 7.49. The third-order valence-electron chi connectivity index (χ3n) is 3.58. The van der Waals surface area contributed by atoms with Crippen molar-refractivity contribution in [3.8, 4) is 0 Å². The van der Waals surface area contributed by atoms with Crippen LogP contribution < -0.4 is 5.32 Å². The second-order valence-corrected chi connectivity index (χ2v) is 5.59. The Morgan fingerprint density at radius 2 is 1.91 bits per heavy atom. The van der Waals surface area contributed by atoms with Crippen LogP contribution in [0, 0.1) is 5.82 Å². The Morgan fingerprint density at radius 1 is 1.18 bits per heavy atom. The van der Waals surface area contributed by atoms with E-state index >= 15 is 0 Å². The number of carbonyl (C=O) groups is 1. The topological polar surface area (TPSA) is 45.2 Å². The van der Waals surface area contributed by atoms with Crippen LogP contribution in [-0.4, -0.2) is 28.9 Å². The van der Waals surface area contributed by atoms with E-state index in [1.54, 1.807) is 24.4 Å². The van der Waals surface area contributed by atoms with Crippen molar-refractivity contribution in [2.45, 2.75) is 12.8 Å². The maximum Gasteiger partial charge on any atom is 0.272 e. The first kappa shape index (κ1) is 14.8. The number of nitrogens with zero attached hydrogens (tertiary/aromatic N) is 2. The lowest BCUT2D eigenvalue weighted by molar-refractivity contribution is 0.0787. The van der Waals surface area contributed by atoms with Crippen LogP contribution in [-0.2, 0) is 0 Å². The summed E-state index contributed by atoms with van der Waals surface area (Å²) < 4.78 is 13.1. The second-order valence-electron chi connectivity index (χ2n) is 5.19. The number of hydrogen-bond acceptors (Lipinski definition) is 3. The van der Waals surface area contributed by atoms with Crippen molar-refractivity contribution in [2.24, 2.45) is 0 Å². The first-order chi connectivity index (χ1) is 10.6. The number of rotatable bonds is 3. The van der Waals surface area contributed by atoms with Crippen molar-refractivity contribution in [2.75, 3.05) is 18.4 Å². The van der Waals surface area contributed by atoms with Crippen molar-refractivity contribution in [1.82, 2.24) is 9.88 Å². The molecule has 0 saturated carbocycles. The van der Waals surface area contributed by atoms with Gasteiger partial charge >= 0.3 is 0 Å². The zero-order valence-corrected chi connectivity index (χ0v) is 12.6. The summed E-state index contributed by atoms with van der Waals surface area (Å²) in [6, 6.07) is 7.84. The summed E-state index contributed by atoms with van der Waals surface area (Å²) in [4.78, 5) is 18.2. The maximum absolute atomic E-state index is 13.1. The smallest absolute Gasteiger partial charge is 0.272 e. The average molecular weight is 320 g/mol. The molecule has 22 heavy (non-hydrogen) atoms. The molecule has 1 aromatic carbocycles. The largest absolute Gasteiger partial charge is 0.354 e. The molecular formula is C16H15ClFN3O. The van der Waals surface area contributed by atoms with E-state index in [2.05, 4.69) is 10.3 Å². The lowest BCUT2D eigenvalue weighted by atomic mass is 10.2. The fourth-order valence-corrected chi connectivity index (χ4v) is 2.60. The summed E-state index contributed by atoms with van der Waals surface area (Å²) in [6.45, 7) is 1.60. The molecule has 0 spiro atoms. The van der Waals surface area contributed by atoms with Crippen LogP contribution in [0.15, 0.2) is 36.5 Å². The number of aromatic nitrogens is 1. The number of likely N-dealkylation sites (tertiary alicyclic amines) is 1. The molecule has 2 aromatic rings. The molecule has 1 fully saturated rings. The number of anilines is 2. The Labute approximate surface area is 132 Å². The molecule has 0 atom stereocenters. The molecule has 1 amide bonds. The van der Waals surface area contributed by atoms with Crippen molar-refractivity contribution in [3.05, 3.63) is 53.1 Å². The summed E-state index contributed by atoms with van der Waals surface area (Å²) in [7, 11) is 0. The van der Waals surface area contributed by atoms with E-state index in [1.165, 1.54) is 12.1 Å². The Bertz CT molecular complexity index is 684. The fraction of sp³-hybridized carbons (Fsp3) is 0.250. The van der Waals surface area contributed by atoms with Crippen LogP contribution in [0.25, 0.3) is 0 Å². The fourth-order valence-electron chi connectivity index (χ4n) is 2.42. The molecule has 0 bridgehead atoms. The third kappa shape index (κ3) is 3.20. The van der Waals surface area contributed by atoms with Gasteiger partial charge in [-0.05, 0) is 43.2 Å². The average Bonchev–Trinajstić information content (AvgIpc) is 3.05. The third-order valence-corrected chi connectivity index (χ3v) is 3.87. The van der Waals surface area contributed by atoms with Crippen LogP contribution in [0.1, 0.15) is 23.3 Å². The molecule has 2 heterocycles. The van der Waals surface area contributed by atoms with E-state index in [1.807, 2.05) is 4.90 Å². The summed E-state index contributed by atoms with van der Waals surface area (Å²) in [5, 5.41) is 3.12. The number of nitrogens with one attached hydrogen (secondary N) is 1. The van der Waals surface area contributed by atoms with Gasteiger partial charge in [0.25, 0.3) is 5.91 Å². The highest BCUT2D eigenvalue weighted by atomic mass is 35.5. The van der Waals surface area contributed by atoms with E-state index in [9.17, 15) is 9.18 Å². The van der Waals surface area contributed by atoms with Gasteiger partial charge in [0.2, 0.25) is 0 Å². The number of carbonyl (C=O) groups excluding carboxylic acids is 1. The summed E-state index contributed by atoms with van der Waals surface area (Å²) in [5.74, 6) is -0.495. The van der Waals surface area contributed by atoms with Crippen LogP contribution in [0.3, 0.4) is 0 Å². The molecule has 0 radical (unpaired) electrons. The molecule has 1 aromatic heterocycles. The monoisotopic (exact) mass is 319 g/mol. The van der Waals surface area contributed by atoms with Gasteiger partial charge in [-0.2, -0.15) is 0 Å². The lowest BCUT2D eigenvalue weighted by Gasteiger charge is -2.14. The van der Waals surface area contributed by atoms with Gasteiger partial charge in [0, 0.05) is 18.8 Å². The van der Waals surface area contributed by atoms with Gasteiger partial charge in [-0.1, -0.05) is 11.6 Å². The standard InChI is InChI=1S/C16H15ClFN3O/c17-13-9-11(3-5-14(13)18)20-12-4-6-15(19-10-12)16(22)21-7-1-2-8-21/h3-6,9-10,20H,1-2,7-8H2. The van der Waals surface area contributed by atoms with E-state index < -0.39 is 5.82 Å².